The summed E-state index contributed by atoms with van der Waals surface area (Å²) in [5, 5.41) is 5.54. The lowest BCUT2D eigenvalue weighted by atomic mass is 10.1. The van der Waals surface area contributed by atoms with Gasteiger partial charge in [-0.1, -0.05) is 12.1 Å². The van der Waals surface area contributed by atoms with Crippen LogP contribution in [0.5, 0.6) is 11.5 Å². The Morgan fingerprint density at radius 1 is 1.00 bits per heavy atom. The van der Waals surface area contributed by atoms with Crippen molar-refractivity contribution in [3.05, 3.63) is 54.1 Å². The molecule has 1 aliphatic rings. The average Bonchev–Trinajstić information content (AvgIpc) is 3.18. The monoisotopic (exact) mass is 411 g/mol. The highest BCUT2D eigenvalue weighted by Gasteiger charge is 2.35. The average molecular weight is 411 g/mol. The predicted molar refractivity (Wildman–Crippen MR) is 112 cm³/mol. The molecule has 0 bridgehead atoms. The van der Waals surface area contributed by atoms with Crippen LogP contribution in [0, 0.1) is 5.92 Å². The van der Waals surface area contributed by atoms with E-state index in [1.54, 1.807) is 54.5 Å². The van der Waals surface area contributed by atoms with E-state index in [9.17, 15) is 14.4 Å². The maximum absolute atomic E-state index is 12.4. The molecule has 0 aliphatic carbocycles. The molecule has 1 fully saturated rings. The summed E-state index contributed by atoms with van der Waals surface area (Å²) >= 11 is 0. The zero-order chi connectivity index (χ0) is 21.5. The number of carbonyl (C=O) groups is 3. The summed E-state index contributed by atoms with van der Waals surface area (Å²) in [5.74, 6) is 0.266. The molecule has 3 amide bonds. The minimum atomic E-state index is -0.433. The maximum atomic E-state index is 12.4. The first-order valence-corrected chi connectivity index (χ1v) is 9.66. The van der Waals surface area contributed by atoms with Gasteiger partial charge in [0.15, 0.2) is 0 Å². The van der Waals surface area contributed by atoms with Crippen LogP contribution in [0.2, 0.25) is 0 Å². The Morgan fingerprint density at radius 2 is 1.67 bits per heavy atom. The summed E-state index contributed by atoms with van der Waals surface area (Å²) in [7, 11) is 3.10. The second kappa shape index (κ2) is 9.78. The first-order chi connectivity index (χ1) is 14.5. The normalized spacial score (nSPS) is 15.6. The lowest BCUT2D eigenvalue weighted by Gasteiger charge is -2.17. The molecule has 0 unspecified atom stereocenters. The van der Waals surface area contributed by atoms with Gasteiger partial charge in [-0.25, -0.2) is 0 Å². The largest absolute Gasteiger partial charge is 0.497 e. The van der Waals surface area contributed by atoms with Crippen LogP contribution in [0.4, 0.5) is 5.69 Å². The van der Waals surface area contributed by atoms with Crippen molar-refractivity contribution < 1.29 is 23.9 Å². The summed E-state index contributed by atoms with van der Waals surface area (Å²) in [4.78, 5) is 38.6. The number of benzene rings is 2. The van der Waals surface area contributed by atoms with Crippen LogP contribution < -0.4 is 25.0 Å². The third kappa shape index (κ3) is 5.08. The Morgan fingerprint density at radius 3 is 2.40 bits per heavy atom. The molecular weight excluding hydrogens is 386 g/mol. The highest BCUT2D eigenvalue weighted by molar-refractivity contribution is 6.00. The van der Waals surface area contributed by atoms with Crippen molar-refractivity contribution >= 4 is 23.4 Å². The first-order valence-electron chi connectivity index (χ1n) is 9.66. The molecule has 2 aromatic rings. The molecule has 8 nitrogen and oxygen atoms in total. The zero-order valence-corrected chi connectivity index (χ0v) is 17.0. The molecule has 158 valence electrons. The van der Waals surface area contributed by atoms with E-state index in [4.69, 9.17) is 9.47 Å². The molecule has 2 aromatic carbocycles. The van der Waals surface area contributed by atoms with Crippen molar-refractivity contribution in [3.63, 3.8) is 0 Å². The van der Waals surface area contributed by atoms with Gasteiger partial charge in [-0.2, -0.15) is 0 Å². The van der Waals surface area contributed by atoms with E-state index < -0.39 is 5.92 Å². The van der Waals surface area contributed by atoms with E-state index in [0.717, 1.165) is 0 Å². The third-order valence-electron chi connectivity index (χ3n) is 4.90. The van der Waals surface area contributed by atoms with Gasteiger partial charge in [0.05, 0.1) is 20.1 Å². The molecule has 0 aromatic heterocycles. The van der Waals surface area contributed by atoms with Gasteiger partial charge in [-0.05, 0) is 30.3 Å². The quantitative estimate of drug-likeness (QED) is 0.643. The Bertz CT molecular complexity index is 930. The molecule has 2 N–H and O–H groups in total. The molecule has 30 heavy (non-hydrogen) atoms. The molecule has 1 heterocycles. The van der Waals surface area contributed by atoms with Crippen molar-refractivity contribution in [3.8, 4) is 11.5 Å². The predicted octanol–water partition coefficient (Wildman–Crippen LogP) is 1.60. The molecule has 0 radical (unpaired) electrons. The lowest BCUT2D eigenvalue weighted by Crippen LogP contribution is -2.38. The van der Waals surface area contributed by atoms with E-state index in [2.05, 4.69) is 10.6 Å². The van der Waals surface area contributed by atoms with Crippen LogP contribution in [0.25, 0.3) is 0 Å². The SMILES string of the molecule is COc1cccc(C(=O)NCCNC(=O)[C@@H]2CC(=O)N(c3cccc(OC)c3)C2)c1. The van der Waals surface area contributed by atoms with E-state index in [0.29, 0.717) is 29.3 Å². The fraction of sp³-hybridized carbons (Fsp3) is 0.318. The van der Waals surface area contributed by atoms with Gasteiger partial charge < -0.3 is 25.0 Å². The van der Waals surface area contributed by atoms with Crippen LogP contribution in [0.1, 0.15) is 16.8 Å². The number of anilines is 1. The Hall–Kier alpha value is -3.55. The van der Waals surface area contributed by atoms with E-state index in [-0.39, 0.29) is 37.2 Å². The Balaban J connectivity index is 1.46. The summed E-state index contributed by atoms with van der Waals surface area (Å²) in [6, 6.07) is 14.0. The number of methoxy groups -OCH3 is 2. The standard InChI is InChI=1S/C22H25N3O5/c1-29-18-7-3-5-15(11-18)21(27)23-9-10-24-22(28)16-12-20(26)25(14-16)17-6-4-8-19(13-17)30-2/h3-8,11,13,16H,9-10,12,14H2,1-2H3,(H,23,27)(H,24,28)/t16-/m1/s1. The van der Waals surface area contributed by atoms with E-state index in [1.807, 2.05) is 6.07 Å². The number of nitrogens with zero attached hydrogens (tertiary/aromatic N) is 1. The van der Waals surface area contributed by atoms with Crippen molar-refractivity contribution in [1.29, 1.82) is 0 Å². The van der Waals surface area contributed by atoms with Gasteiger partial charge in [-0.15, -0.1) is 0 Å². The van der Waals surface area contributed by atoms with Gasteiger partial charge in [0.1, 0.15) is 11.5 Å². The van der Waals surface area contributed by atoms with Gasteiger partial charge in [0, 0.05) is 43.4 Å². The number of ether oxygens (including phenoxy) is 2. The van der Waals surface area contributed by atoms with Crippen LogP contribution in [0.3, 0.4) is 0 Å². The highest BCUT2D eigenvalue weighted by atomic mass is 16.5. The number of hydrogen-bond donors (Lipinski definition) is 2. The van der Waals surface area contributed by atoms with Gasteiger partial charge in [-0.3, -0.25) is 14.4 Å². The summed E-state index contributed by atoms with van der Waals surface area (Å²) in [6.07, 6.45) is 0.152. The van der Waals surface area contributed by atoms with Crippen LogP contribution in [-0.4, -0.2) is 51.6 Å². The number of nitrogens with one attached hydrogen (secondary N) is 2. The second-order valence-corrected chi connectivity index (χ2v) is 6.89. The molecule has 0 saturated carbocycles. The fourth-order valence-electron chi connectivity index (χ4n) is 3.28. The van der Waals surface area contributed by atoms with Crippen molar-refractivity contribution in [2.75, 3.05) is 38.8 Å². The first kappa shape index (κ1) is 21.2. The lowest BCUT2D eigenvalue weighted by molar-refractivity contribution is -0.126. The molecule has 1 atom stereocenters. The van der Waals surface area contributed by atoms with Gasteiger partial charge >= 0.3 is 0 Å². The maximum Gasteiger partial charge on any atom is 0.251 e. The Kier molecular flexibility index (Phi) is 6.90. The van der Waals surface area contributed by atoms with Crippen LogP contribution in [0.15, 0.2) is 48.5 Å². The fourth-order valence-corrected chi connectivity index (χ4v) is 3.28. The number of rotatable bonds is 8. The molecule has 0 spiro atoms. The van der Waals surface area contributed by atoms with Crippen molar-refractivity contribution in [2.45, 2.75) is 6.42 Å². The van der Waals surface area contributed by atoms with E-state index >= 15 is 0 Å². The van der Waals surface area contributed by atoms with Crippen LogP contribution >= 0.6 is 0 Å². The van der Waals surface area contributed by atoms with Crippen molar-refractivity contribution in [2.24, 2.45) is 5.92 Å². The minimum Gasteiger partial charge on any atom is -0.497 e. The number of amides is 3. The number of carbonyl (C=O) groups excluding carboxylic acids is 3. The van der Waals surface area contributed by atoms with Gasteiger partial charge in [0.2, 0.25) is 11.8 Å². The highest BCUT2D eigenvalue weighted by Crippen LogP contribution is 2.27. The number of hydrogen-bond acceptors (Lipinski definition) is 5. The molecule has 1 aliphatic heterocycles. The van der Waals surface area contributed by atoms with Gasteiger partial charge in [0.25, 0.3) is 5.91 Å². The van der Waals surface area contributed by atoms with Crippen molar-refractivity contribution in [1.82, 2.24) is 10.6 Å². The second-order valence-electron chi connectivity index (χ2n) is 6.89. The summed E-state index contributed by atoms with van der Waals surface area (Å²) in [6.45, 7) is 0.869. The summed E-state index contributed by atoms with van der Waals surface area (Å²) < 4.78 is 10.3. The zero-order valence-electron chi connectivity index (χ0n) is 17.0. The molecule has 1 saturated heterocycles. The summed E-state index contributed by atoms with van der Waals surface area (Å²) in [5.41, 5.74) is 1.19. The minimum absolute atomic E-state index is 0.102. The molecular formula is C22H25N3O5. The van der Waals surface area contributed by atoms with E-state index in [1.165, 1.54) is 7.11 Å². The third-order valence-corrected chi connectivity index (χ3v) is 4.90. The Labute approximate surface area is 175 Å². The van der Waals surface area contributed by atoms with Crippen LogP contribution in [-0.2, 0) is 9.59 Å². The molecule has 3 rings (SSSR count). The molecule has 8 heteroatoms. The smallest absolute Gasteiger partial charge is 0.251 e. The topological polar surface area (TPSA) is 97.0 Å².